The monoisotopic (exact) mass is 1970 g/mol. The Hall–Kier alpha value is -17.8. The lowest BCUT2D eigenvalue weighted by atomic mass is 9.80. The highest BCUT2D eigenvalue weighted by molar-refractivity contribution is 6.17. The molecule has 2 aliphatic heterocycles. The second-order valence-electron chi connectivity index (χ2n) is 33.9. The number of piperidine rings is 1. The molecule has 3 aliphatic rings. The number of imidazole rings is 4. The van der Waals surface area contributed by atoms with Crippen LogP contribution >= 0.6 is 0 Å². The van der Waals surface area contributed by atoms with Crippen LogP contribution in [-0.4, -0.2) is 188 Å². The van der Waals surface area contributed by atoms with Gasteiger partial charge in [0.15, 0.2) is 34.9 Å². The van der Waals surface area contributed by atoms with Gasteiger partial charge in [-0.15, -0.1) is 5.10 Å². The molecule has 9 N–H and O–H groups in total. The van der Waals surface area contributed by atoms with Crippen molar-refractivity contribution in [3.8, 4) is 57.6 Å². The Bertz CT molecular complexity index is 7100. The van der Waals surface area contributed by atoms with Crippen LogP contribution in [0.25, 0.3) is 68.6 Å². The lowest BCUT2D eigenvalue weighted by molar-refractivity contribution is -0.185. The van der Waals surface area contributed by atoms with Gasteiger partial charge in [0, 0.05) is 74.5 Å². The standard InChI is InChI=1S/C19H20N4O2.C18H19N7O.C18H16N6O.C18H18N4O2.C16H17F3N4O.C16H13FN4O/c1-14(12-25-13-15-7-3-2-4-8-15)17(24)11-18-21-19(23-22-18)16-9-5-6-10-20-16;26-17(13-5-3-10-25(12-13)18-20-8-4-9-21-18)24-15-11-22-16(23-15)14-6-1-2-7-19-14;1-12(24-11-20-14-7-2-3-8-16(14)24)18(25)21-17-10-15(22-23-17)13-6-4-5-9-19-13;1-13(24-12-14-7-3-2-4-8-14)16(23)11-17-20-18(22-21-17)15-9-5-6-10-19-15;17-16(18,19)11-5-3-4-10(8-11)15(24)23-13-9-21-14(22-13)12-6-1-2-7-20-12;17-12-6-4-11(5-7-12)9-15(22)20-14-10-19-16(21-14)13-3-1-2-8-18-13/h2-10,14H,11-13H2,1H3,(H,21,22,23);1-2,4,6-9,11,13H,3,5,10,12H2,(H,22,23)(H,24,26);2-9,11-12H,10H2,1H3,(H,21,23,25);2-10,13H,11-12H2,1H3,(H,20,21,22);1-2,6-7,9-11H,3-5,8H2,(H,21,22)(H,23,24);1-8,10H,9H2,(H,19,21)(H,20,22). The Labute approximate surface area is 835 Å². The molecule has 17 aromatic rings. The van der Waals surface area contributed by atoms with E-state index in [0.29, 0.717) is 138 Å². The van der Waals surface area contributed by atoms with Crippen molar-refractivity contribution >= 4 is 81.2 Å². The summed E-state index contributed by atoms with van der Waals surface area (Å²) in [5.74, 6) is 2.92. The number of aromatic nitrogens is 22. The summed E-state index contributed by atoms with van der Waals surface area (Å²) in [6.07, 6.45) is 18.6. The Morgan fingerprint density at radius 1 is 0.459 bits per heavy atom. The summed E-state index contributed by atoms with van der Waals surface area (Å²) in [4.78, 5) is 144. The van der Waals surface area contributed by atoms with E-state index < -0.39 is 36.1 Å². The maximum atomic E-state index is 12.8. The third-order valence-electron chi connectivity index (χ3n) is 23.1. The molecule has 1 aliphatic carbocycles. The maximum absolute atomic E-state index is 12.8. The SMILES string of the molecule is CC(C(=O)NC1=NN=C(c2ccccn2)C1)n1cnc2ccccc21.CC(COCc1ccccc1)C(=O)Cc1nc(-c2ccccn2)n[nH]1.CC(OCc1ccccc1)C(=O)Cc1nc(-c2ccccn2)n[nH]1.O=C(Cc1ccc(F)cc1)Nc1cnc(-c2ccccn2)[nH]1.O=C(Nc1cnc(-c2ccccn2)[nH]1)C1CCCC(C(F)(F)F)C1.O=C(Nc1cnc(-c2ccccn2)[nH]1)C1CCCN(c2ncccn2)C1. The molecule has 2 fully saturated rings. The molecule has 4 amide bonds. The largest absolute Gasteiger partial charge is 0.391 e. The normalized spacial score (nSPS) is 14.7. The number of amides is 4. The zero-order valence-corrected chi connectivity index (χ0v) is 79.6. The number of amidine groups is 1. The topological polar surface area (TPSA) is 487 Å². The van der Waals surface area contributed by atoms with Crippen molar-refractivity contribution < 1.29 is 55.8 Å². The smallest absolute Gasteiger partial charge is 0.376 e. The van der Waals surface area contributed by atoms with Crippen LogP contribution in [0.4, 0.5) is 41.0 Å². The minimum atomic E-state index is -4.24. The van der Waals surface area contributed by atoms with Crippen LogP contribution in [0.1, 0.15) is 106 Å². The zero-order chi connectivity index (χ0) is 102. The molecule has 13 aromatic heterocycles. The van der Waals surface area contributed by atoms with E-state index in [1.54, 1.807) is 99.4 Å². The number of nitrogens with one attached hydrogen (secondary N) is 9. The van der Waals surface area contributed by atoms with Gasteiger partial charge in [-0.2, -0.15) is 28.5 Å². The number of halogens is 4. The molecule has 6 atom stereocenters. The summed E-state index contributed by atoms with van der Waals surface area (Å²) in [7, 11) is 0. The number of Topliss-reactive ketones (excluding diaryl/α,β-unsaturated/α-hetero) is 2. The highest BCUT2D eigenvalue weighted by Crippen LogP contribution is 2.41. The number of hydrogen-bond donors (Lipinski definition) is 9. The Balaban J connectivity index is 0.000000132. The first-order valence-electron chi connectivity index (χ1n) is 47.0. The number of alkyl halides is 3. The second kappa shape index (κ2) is 51.6. The summed E-state index contributed by atoms with van der Waals surface area (Å²) in [6, 6.07) is 67.7. The quantitative estimate of drug-likeness (QED) is 0.0197. The summed E-state index contributed by atoms with van der Waals surface area (Å²) >= 11 is 0. The van der Waals surface area contributed by atoms with Crippen LogP contribution < -0.4 is 26.2 Å². The van der Waals surface area contributed by atoms with Gasteiger partial charge in [0.1, 0.15) is 87.2 Å². The van der Waals surface area contributed by atoms with Crippen molar-refractivity contribution in [1.29, 1.82) is 0 Å². The molecule has 20 rings (SSSR count). The van der Waals surface area contributed by atoms with Gasteiger partial charge in [-0.05, 0) is 166 Å². The first kappa shape index (κ1) is 103. The number of nitrogens with zero attached hydrogens (tertiary/aromatic N) is 20. The van der Waals surface area contributed by atoms with Crippen LogP contribution in [-0.2, 0) is 70.7 Å². The maximum Gasteiger partial charge on any atom is 0.391 e. The van der Waals surface area contributed by atoms with Crippen LogP contribution in [0.3, 0.4) is 0 Å². The van der Waals surface area contributed by atoms with Gasteiger partial charge < -0.3 is 55.2 Å². The number of para-hydroxylation sites is 2. The summed E-state index contributed by atoms with van der Waals surface area (Å²) in [6.45, 7) is 8.21. The molecule has 41 heteroatoms. The minimum absolute atomic E-state index is 0.0261. The van der Waals surface area contributed by atoms with Gasteiger partial charge >= 0.3 is 6.18 Å². The fourth-order valence-corrected chi connectivity index (χ4v) is 15.3. The molecule has 1 saturated heterocycles. The van der Waals surface area contributed by atoms with Gasteiger partial charge in [0.25, 0.3) is 0 Å². The second-order valence-corrected chi connectivity index (χ2v) is 33.9. The van der Waals surface area contributed by atoms with E-state index in [2.05, 4.69) is 141 Å². The molecule has 6 unspecified atom stereocenters. The third-order valence-corrected chi connectivity index (χ3v) is 23.1. The number of aromatic amines is 5. The van der Waals surface area contributed by atoms with Crippen molar-refractivity contribution in [2.45, 2.75) is 117 Å². The van der Waals surface area contributed by atoms with Gasteiger partial charge in [-0.25, -0.2) is 44.3 Å². The molecule has 1 saturated carbocycles. The average molecular weight is 1980 g/mol. The Morgan fingerprint density at radius 3 is 1.47 bits per heavy atom. The molecular formula is C105H103F4N29O8. The predicted molar refractivity (Wildman–Crippen MR) is 538 cm³/mol. The lowest BCUT2D eigenvalue weighted by Crippen LogP contribution is -2.41. The number of ether oxygens (including phenoxy) is 2. The Morgan fingerprint density at radius 2 is 0.938 bits per heavy atom. The number of hydrogen-bond acceptors (Lipinski definition) is 27. The number of carbonyl (C=O) groups is 6. The van der Waals surface area contributed by atoms with Crippen molar-refractivity contribution in [1.82, 2.24) is 115 Å². The van der Waals surface area contributed by atoms with Crippen LogP contribution in [0.15, 0.2) is 309 Å². The van der Waals surface area contributed by atoms with E-state index in [0.717, 1.165) is 64.2 Å². The van der Waals surface area contributed by atoms with E-state index in [9.17, 15) is 46.3 Å². The van der Waals surface area contributed by atoms with Gasteiger partial charge in [0.05, 0.1) is 105 Å². The van der Waals surface area contributed by atoms with E-state index in [-0.39, 0.29) is 79.0 Å². The van der Waals surface area contributed by atoms with E-state index >= 15 is 0 Å². The highest BCUT2D eigenvalue weighted by atomic mass is 19.4. The number of anilines is 4. The van der Waals surface area contributed by atoms with Gasteiger partial charge in [-0.1, -0.05) is 135 Å². The number of pyridine rings is 6. The number of rotatable bonds is 29. The van der Waals surface area contributed by atoms with E-state index in [4.69, 9.17) is 9.47 Å². The van der Waals surface area contributed by atoms with Gasteiger partial charge in [0.2, 0.25) is 29.6 Å². The lowest BCUT2D eigenvalue weighted by Gasteiger charge is -2.31. The minimum Gasteiger partial charge on any atom is -0.376 e. The van der Waals surface area contributed by atoms with Crippen molar-refractivity contribution in [3.05, 3.63) is 339 Å². The molecule has 146 heavy (non-hydrogen) atoms. The van der Waals surface area contributed by atoms with Crippen LogP contribution in [0, 0.1) is 29.5 Å². The van der Waals surface area contributed by atoms with E-state index in [1.807, 2.05) is 200 Å². The molecule has 0 spiro atoms. The molecule has 4 aromatic carbocycles. The fraction of sp³-hybridized carbons (Fsp3) is 0.238. The van der Waals surface area contributed by atoms with Crippen LogP contribution in [0.5, 0.6) is 0 Å². The average Bonchev–Trinajstić information content (AvgIpc) is 1.66. The summed E-state index contributed by atoms with van der Waals surface area (Å²) < 4.78 is 64.5. The summed E-state index contributed by atoms with van der Waals surface area (Å²) in [5, 5.41) is 33.1. The third kappa shape index (κ3) is 30.4. The van der Waals surface area contributed by atoms with Crippen LogP contribution in [0.2, 0.25) is 0 Å². The molecule has 744 valence electrons. The predicted octanol–water partition coefficient (Wildman–Crippen LogP) is 16.4. The molecule has 37 nitrogen and oxygen atoms in total. The number of benzene rings is 4. The zero-order valence-electron chi connectivity index (χ0n) is 79.6. The number of H-pyrrole nitrogens is 5. The molecule has 15 heterocycles. The van der Waals surface area contributed by atoms with E-state index in [1.165, 1.54) is 24.5 Å². The van der Waals surface area contributed by atoms with Crippen molar-refractivity contribution in [2.24, 2.45) is 33.9 Å². The Kier molecular flexibility index (Phi) is 36.3. The summed E-state index contributed by atoms with van der Waals surface area (Å²) in [5.41, 5.74) is 9.56. The number of ketones is 2. The molecular weight excluding hydrogens is 1870 g/mol. The molecule has 0 radical (unpaired) electrons. The van der Waals surface area contributed by atoms with Crippen molar-refractivity contribution in [2.75, 3.05) is 40.5 Å². The number of carbonyl (C=O) groups excluding carboxylic acids is 6. The number of fused-ring (bicyclic) bond motifs is 1. The highest BCUT2D eigenvalue weighted by Gasteiger charge is 2.44. The fourth-order valence-electron chi connectivity index (χ4n) is 15.3. The first-order valence-corrected chi connectivity index (χ1v) is 47.0. The first-order chi connectivity index (χ1) is 71.1. The van der Waals surface area contributed by atoms with Crippen molar-refractivity contribution in [3.63, 3.8) is 0 Å². The molecule has 0 bridgehead atoms. The van der Waals surface area contributed by atoms with Gasteiger partial charge in [-0.3, -0.25) is 68.9 Å².